The predicted octanol–water partition coefficient (Wildman–Crippen LogP) is 2.00. The largest absolute Gasteiger partial charge is 0.475 e. The van der Waals surface area contributed by atoms with Crippen LogP contribution in [0.3, 0.4) is 0 Å². The SMILES string of the molecule is Cc1c(NN)nc(C2CC2)nc1OCCOCC(C)C. The molecule has 1 aliphatic carbocycles. The van der Waals surface area contributed by atoms with Crippen LogP contribution >= 0.6 is 0 Å². The highest BCUT2D eigenvalue weighted by Crippen LogP contribution is 2.39. The molecule has 3 N–H and O–H groups in total. The molecule has 1 aromatic rings. The lowest BCUT2D eigenvalue weighted by atomic mass is 10.2. The highest BCUT2D eigenvalue weighted by Gasteiger charge is 2.28. The first kappa shape index (κ1) is 15.0. The van der Waals surface area contributed by atoms with Gasteiger partial charge in [-0.15, -0.1) is 0 Å². The number of anilines is 1. The molecule has 1 heterocycles. The highest BCUT2D eigenvalue weighted by molar-refractivity contribution is 5.48. The van der Waals surface area contributed by atoms with Crippen LogP contribution in [0.15, 0.2) is 0 Å². The molecule has 6 heteroatoms. The minimum atomic E-state index is 0.460. The van der Waals surface area contributed by atoms with E-state index in [0.717, 1.165) is 30.8 Å². The standard InChI is InChI=1S/C14H24N4O2/c1-9(2)8-19-6-7-20-14-10(3)12(18-15)16-13(17-14)11-4-5-11/h9,11H,4-8,15H2,1-3H3,(H,16,17,18). The van der Waals surface area contributed by atoms with Gasteiger partial charge in [-0.2, -0.15) is 4.98 Å². The number of hydrogen-bond acceptors (Lipinski definition) is 6. The van der Waals surface area contributed by atoms with Crippen LogP contribution in [-0.4, -0.2) is 29.8 Å². The molecule has 1 fully saturated rings. The zero-order valence-electron chi connectivity index (χ0n) is 12.5. The molecule has 20 heavy (non-hydrogen) atoms. The van der Waals surface area contributed by atoms with Gasteiger partial charge in [0.05, 0.1) is 12.2 Å². The molecule has 1 saturated carbocycles. The van der Waals surface area contributed by atoms with Gasteiger partial charge in [-0.3, -0.25) is 0 Å². The molecule has 0 unspecified atom stereocenters. The van der Waals surface area contributed by atoms with E-state index >= 15 is 0 Å². The lowest BCUT2D eigenvalue weighted by Crippen LogP contribution is -2.15. The molecule has 0 aliphatic heterocycles. The lowest BCUT2D eigenvalue weighted by molar-refractivity contribution is 0.0803. The van der Waals surface area contributed by atoms with Crippen LogP contribution in [0, 0.1) is 12.8 Å². The van der Waals surface area contributed by atoms with Crippen molar-refractivity contribution >= 4 is 5.82 Å². The van der Waals surface area contributed by atoms with Crippen LogP contribution < -0.4 is 16.0 Å². The van der Waals surface area contributed by atoms with E-state index in [1.807, 2.05) is 6.92 Å². The Morgan fingerprint density at radius 3 is 2.65 bits per heavy atom. The van der Waals surface area contributed by atoms with E-state index in [1.54, 1.807) is 0 Å². The minimum absolute atomic E-state index is 0.460. The summed E-state index contributed by atoms with van der Waals surface area (Å²) < 4.78 is 11.2. The minimum Gasteiger partial charge on any atom is -0.475 e. The topological polar surface area (TPSA) is 82.3 Å². The third-order valence-electron chi connectivity index (χ3n) is 3.12. The lowest BCUT2D eigenvalue weighted by Gasteiger charge is -2.13. The normalized spacial score (nSPS) is 14.7. The average Bonchev–Trinajstić information content (AvgIpc) is 3.24. The molecule has 0 aromatic carbocycles. The molecule has 0 bridgehead atoms. The van der Waals surface area contributed by atoms with Gasteiger partial charge in [0, 0.05) is 12.5 Å². The van der Waals surface area contributed by atoms with E-state index < -0.39 is 0 Å². The first-order valence-corrected chi connectivity index (χ1v) is 7.17. The number of nitrogens with two attached hydrogens (primary N) is 1. The smallest absolute Gasteiger partial charge is 0.221 e. The molecule has 0 amide bonds. The van der Waals surface area contributed by atoms with Gasteiger partial charge in [0.2, 0.25) is 5.88 Å². The highest BCUT2D eigenvalue weighted by atomic mass is 16.5. The molecule has 0 radical (unpaired) electrons. The maximum atomic E-state index is 5.71. The number of nitrogen functional groups attached to an aromatic ring is 1. The van der Waals surface area contributed by atoms with E-state index in [-0.39, 0.29) is 0 Å². The maximum absolute atomic E-state index is 5.71. The Balaban J connectivity index is 1.93. The summed E-state index contributed by atoms with van der Waals surface area (Å²) in [5.74, 6) is 8.55. The van der Waals surface area contributed by atoms with E-state index in [9.17, 15) is 0 Å². The Morgan fingerprint density at radius 2 is 2.05 bits per heavy atom. The van der Waals surface area contributed by atoms with Gasteiger partial charge in [-0.25, -0.2) is 10.8 Å². The zero-order valence-corrected chi connectivity index (χ0v) is 12.5. The molecule has 112 valence electrons. The molecule has 0 saturated heterocycles. The van der Waals surface area contributed by atoms with Crippen molar-refractivity contribution < 1.29 is 9.47 Å². The summed E-state index contributed by atoms with van der Waals surface area (Å²) in [5.41, 5.74) is 3.45. The van der Waals surface area contributed by atoms with E-state index in [0.29, 0.717) is 36.7 Å². The van der Waals surface area contributed by atoms with Gasteiger partial charge in [0.25, 0.3) is 0 Å². The molecule has 0 spiro atoms. The summed E-state index contributed by atoms with van der Waals surface area (Å²) in [5, 5.41) is 0. The molecule has 2 rings (SSSR count). The van der Waals surface area contributed by atoms with Gasteiger partial charge in [-0.05, 0) is 25.7 Å². The maximum Gasteiger partial charge on any atom is 0.221 e. The van der Waals surface area contributed by atoms with Crippen molar-refractivity contribution in [2.24, 2.45) is 11.8 Å². The van der Waals surface area contributed by atoms with Crippen LogP contribution in [-0.2, 0) is 4.74 Å². The van der Waals surface area contributed by atoms with Crippen LogP contribution in [0.2, 0.25) is 0 Å². The van der Waals surface area contributed by atoms with Crippen molar-refractivity contribution in [3.05, 3.63) is 11.4 Å². The number of nitrogens with zero attached hydrogens (tertiary/aromatic N) is 2. The predicted molar refractivity (Wildman–Crippen MR) is 77.7 cm³/mol. The fraction of sp³-hybridized carbons (Fsp3) is 0.714. The molecule has 1 aliphatic rings. The quantitative estimate of drug-likeness (QED) is 0.430. The zero-order chi connectivity index (χ0) is 14.5. The second-order valence-corrected chi connectivity index (χ2v) is 5.60. The second kappa shape index (κ2) is 6.85. The number of aromatic nitrogens is 2. The summed E-state index contributed by atoms with van der Waals surface area (Å²) >= 11 is 0. The number of ether oxygens (including phenoxy) is 2. The van der Waals surface area contributed by atoms with E-state index in [4.69, 9.17) is 15.3 Å². The van der Waals surface area contributed by atoms with Crippen molar-refractivity contribution in [3.8, 4) is 5.88 Å². The first-order valence-electron chi connectivity index (χ1n) is 7.17. The van der Waals surface area contributed by atoms with Gasteiger partial charge < -0.3 is 14.9 Å². The number of rotatable bonds is 8. The molecule has 0 atom stereocenters. The second-order valence-electron chi connectivity index (χ2n) is 5.60. The van der Waals surface area contributed by atoms with Crippen molar-refractivity contribution in [2.45, 2.75) is 39.5 Å². The average molecular weight is 280 g/mol. The summed E-state index contributed by atoms with van der Waals surface area (Å²) in [6.07, 6.45) is 2.29. The van der Waals surface area contributed by atoms with Gasteiger partial charge in [0.15, 0.2) is 0 Å². The molecular weight excluding hydrogens is 256 g/mol. The van der Waals surface area contributed by atoms with Gasteiger partial charge >= 0.3 is 0 Å². The summed E-state index contributed by atoms with van der Waals surface area (Å²) in [6.45, 7) is 7.93. The molecule has 6 nitrogen and oxygen atoms in total. The fourth-order valence-electron chi connectivity index (χ4n) is 1.83. The third-order valence-corrected chi connectivity index (χ3v) is 3.12. The van der Waals surface area contributed by atoms with E-state index in [1.165, 1.54) is 0 Å². The molecular formula is C14H24N4O2. The third kappa shape index (κ3) is 4.05. The first-order chi connectivity index (χ1) is 9.61. The van der Waals surface area contributed by atoms with Gasteiger partial charge in [-0.1, -0.05) is 13.8 Å². The Labute approximate surface area is 120 Å². The van der Waals surface area contributed by atoms with Crippen molar-refractivity contribution in [2.75, 3.05) is 25.2 Å². The Morgan fingerprint density at radius 1 is 1.30 bits per heavy atom. The van der Waals surface area contributed by atoms with Crippen molar-refractivity contribution in [1.82, 2.24) is 9.97 Å². The summed E-state index contributed by atoms with van der Waals surface area (Å²) in [7, 11) is 0. The van der Waals surface area contributed by atoms with Crippen LogP contribution in [0.5, 0.6) is 5.88 Å². The van der Waals surface area contributed by atoms with E-state index in [2.05, 4.69) is 29.2 Å². The Bertz CT molecular complexity index is 447. The molecule has 1 aromatic heterocycles. The van der Waals surface area contributed by atoms with Crippen LogP contribution in [0.25, 0.3) is 0 Å². The number of nitrogens with one attached hydrogen (secondary N) is 1. The fourth-order valence-corrected chi connectivity index (χ4v) is 1.83. The summed E-state index contributed by atoms with van der Waals surface area (Å²) in [4.78, 5) is 8.91. The van der Waals surface area contributed by atoms with Gasteiger partial charge in [0.1, 0.15) is 18.2 Å². The van der Waals surface area contributed by atoms with Crippen molar-refractivity contribution in [3.63, 3.8) is 0 Å². The Hall–Kier alpha value is -1.40. The van der Waals surface area contributed by atoms with Crippen LogP contribution in [0.4, 0.5) is 5.82 Å². The summed E-state index contributed by atoms with van der Waals surface area (Å²) in [6, 6.07) is 0. The Kier molecular flexibility index (Phi) is 5.14. The monoisotopic (exact) mass is 280 g/mol. The number of hydrogen-bond donors (Lipinski definition) is 2. The van der Waals surface area contributed by atoms with Crippen LogP contribution in [0.1, 0.15) is 44.0 Å². The van der Waals surface area contributed by atoms with Crippen molar-refractivity contribution in [1.29, 1.82) is 0 Å². The number of hydrazine groups is 1.